The molecule has 0 aromatic heterocycles. The molecule has 2 amide bonds. The van der Waals surface area contributed by atoms with E-state index in [1.54, 1.807) is 73.8 Å². The van der Waals surface area contributed by atoms with E-state index in [-0.39, 0.29) is 11.8 Å². The van der Waals surface area contributed by atoms with E-state index in [0.717, 1.165) is 5.56 Å². The van der Waals surface area contributed by atoms with Crippen LogP contribution in [0.5, 0.6) is 0 Å². The van der Waals surface area contributed by atoms with Gasteiger partial charge in [-0.3, -0.25) is 14.5 Å². The van der Waals surface area contributed by atoms with E-state index in [1.807, 2.05) is 12.1 Å². The first kappa shape index (κ1) is 28.4. The van der Waals surface area contributed by atoms with Crippen molar-refractivity contribution in [3.8, 4) is 0 Å². The van der Waals surface area contributed by atoms with Gasteiger partial charge in [0.15, 0.2) is 0 Å². The summed E-state index contributed by atoms with van der Waals surface area (Å²) in [6.07, 6.45) is 0.700. The van der Waals surface area contributed by atoms with Crippen molar-refractivity contribution in [2.75, 3.05) is 51.8 Å². The average Bonchev–Trinajstić information content (AvgIpc) is 2.96. The molecule has 1 saturated heterocycles. The van der Waals surface area contributed by atoms with Gasteiger partial charge in [-0.05, 0) is 48.4 Å². The second-order valence-electron chi connectivity index (χ2n) is 9.29. The normalized spacial score (nSPS) is 14.6. The van der Waals surface area contributed by atoms with Crippen molar-refractivity contribution in [1.29, 1.82) is 0 Å². The van der Waals surface area contributed by atoms with Crippen LogP contribution in [0.1, 0.15) is 32.7 Å². The highest BCUT2D eigenvalue weighted by molar-refractivity contribution is 7.89. The molecule has 206 valence electrons. The Morgan fingerprint density at radius 2 is 1.51 bits per heavy atom. The quantitative estimate of drug-likeness (QED) is 0.355. The zero-order valence-electron chi connectivity index (χ0n) is 22.0. The molecule has 3 aromatic carbocycles. The minimum Gasteiger partial charge on any atom is -0.385 e. The molecule has 0 saturated carbocycles. The van der Waals surface area contributed by atoms with Gasteiger partial charge >= 0.3 is 0 Å². The zero-order valence-corrected chi connectivity index (χ0v) is 22.8. The standard InChI is InChI=1S/C29H34N4O5S/c1-38-21-7-16-30-29(35)26-10-5-6-11-27(26)31-28(34)24-14-12-23(13-15-24)22-32-17-19-33(20-18-32)39(36,37)25-8-3-2-4-9-25/h2-6,8-15H,7,16-22H2,1H3,(H,30,35)(H,31,34). The molecule has 1 aliphatic heterocycles. The van der Waals surface area contributed by atoms with Gasteiger partial charge in [0.1, 0.15) is 0 Å². The fourth-order valence-corrected chi connectivity index (χ4v) is 5.83. The Balaban J connectivity index is 1.30. The molecule has 0 unspecified atom stereocenters. The number of carbonyl (C=O) groups excluding carboxylic acids is 2. The summed E-state index contributed by atoms with van der Waals surface area (Å²) in [7, 11) is -1.87. The van der Waals surface area contributed by atoms with Gasteiger partial charge in [-0.25, -0.2) is 8.42 Å². The summed E-state index contributed by atoms with van der Waals surface area (Å²) >= 11 is 0. The first-order chi connectivity index (χ1) is 18.9. The Morgan fingerprint density at radius 3 is 2.21 bits per heavy atom. The molecule has 1 heterocycles. The van der Waals surface area contributed by atoms with Gasteiger partial charge in [0.05, 0.1) is 16.1 Å². The van der Waals surface area contributed by atoms with Gasteiger partial charge in [0, 0.05) is 58.5 Å². The predicted octanol–water partition coefficient (Wildman–Crippen LogP) is 3.21. The number of carbonyl (C=O) groups is 2. The third-order valence-corrected chi connectivity index (χ3v) is 8.48. The lowest BCUT2D eigenvalue weighted by atomic mass is 10.1. The van der Waals surface area contributed by atoms with Crippen LogP contribution in [0.2, 0.25) is 0 Å². The number of nitrogens with one attached hydrogen (secondary N) is 2. The third-order valence-electron chi connectivity index (χ3n) is 6.57. The van der Waals surface area contributed by atoms with Crippen LogP contribution in [0.4, 0.5) is 5.69 Å². The molecule has 0 spiro atoms. The van der Waals surface area contributed by atoms with Gasteiger partial charge < -0.3 is 15.4 Å². The van der Waals surface area contributed by atoms with E-state index < -0.39 is 10.0 Å². The van der Waals surface area contributed by atoms with Crippen LogP contribution in [-0.2, 0) is 21.3 Å². The number of amides is 2. The molecule has 1 aliphatic rings. The summed E-state index contributed by atoms with van der Waals surface area (Å²) in [5.74, 6) is -0.560. The van der Waals surface area contributed by atoms with Crippen molar-refractivity contribution >= 4 is 27.5 Å². The smallest absolute Gasteiger partial charge is 0.255 e. The van der Waals surface area contributed by atoms with Crippen molar-refractivity contribution in [3.63, 3.8) is 0 Å². The molecule has 39 heavy (non-hydrogen) atoms. The van der Waals surface area contributed by atoms with Crippen LogP contribution in [0, 0.1) is 0 Å². The van der Waals surface area contributed by atoms with E-state index in [0.29, 0.717) is 74.0 Å². The highest BCUT2D eigenvalue weighted by Gasteiger charge is 2.28. The topological polar surface area (TPSA) is 108 Å². The van der Waals surface area contributed by atoms with Crippen LogP contribution in [-0.4, -0.2) is 75.9 Å². The minimum atomic E-state index is -3.48. The van der Waals surface area contributed by atoms with Crippen LogP contribution < -0.4 is 10.6 Å². The molecule has 1 fully saturated rings. The number of para-hydroxylation sites is 1. The van der Waals surface area contributed by atoms with Crippen LogP contribution in [0.25, 0.3) is 0 Å². The van der Waals surface area contributed by atoms with Crippen molar-refractivity contribution in [2.24, 2.45) is 0 Å². The molecule has 2 N–H and O–H groups in total. The van der Waals surface area contributed by atoms with Gasteiger partial charge in [0.25, 0.3) is 11.8 Å². The monoisotopic (exact) mass is 550 g/mol. The first-order valence-electron chi connectivity index (χ1n) is 12.9. The van der Waals surface area contributed by atoms with Crippen molar-refractivity contribution < 1.29 is 22.7 Å². The van der Waals surface area contributed by atoms with E-state index in [2.05, 4.69) is 15.5 Å². The second kappa shape index (κ2) is 13.5. The number of nitrogens with zero attached hydrogens (tertiary/aromatic N) is 2. The molecular formula is C29H34N4O5S. The summed E-state index contributed by atoms with van der Waals surface area (Å²) in [6, 6.07) is 22.7. The number of sulfonamides is 1. The number of hydrogen-bond acceptors (Lipinski definition) is 6. The summed E-state index contributed by atoms with van der Waals surface area (Å²) in [4.78, 5) is 28.0. The lowest BCUT2D eigenvalue weighted by Gasteiger charge is -2.34. The fourth-order valence-electron chi connectivity index (χ4n) is 4.39. The maximum absolute atomic E-state index is 12.9. The fraction of sp³-hybridized carbons (Fsp3) is 0.310. The Kier molecular flexibility index (Phi) is 9.83. The van der Waals surface area contributed by atoms with Gasteiger partial charge in [0.2, 0.25) is 10.0 Å². The molecule has 4 rings (SSSR count). The maximum Gasteiger partial charge on any atom is 0.255 e. The molecule has 0 bridgehead atoms. The SMILES string of the molecule is COCCCNC(=O)c1ccccc1NC(=O)c1ccc(CN2CCN(S(=O)(=O)c3ccccc3)CC2)cc1. The number of methoxy groups -OCH3 is 1. The van der Waals surface area contributed by atoms with Crippen molar-refractivity contribution in [3.05, 3.63) is 95.6 Å². The Morgan fingerprint density at radius 1 is 0.846 bits per heavy atom. The van der Waals surface area contributed by atoms with E-state index >= 15 is 0 Å². The zero-order chi connectivity index (χ0) is 27.7. The van der Waals surface area contributed by atoms with Gasteiger partial charge in [-0.1, -0.05) is 42.5 Å². The summed E-state index contributed by atoms with van der Waals surface area (Å²) in [5.41, 5.74) is 2.35. The molecule has 0 atom stereocenters. The number of rotatable bonds is 11. The maximum atomic E-state index is 12.9. The summed E-state index contributed by atoms with van der Waals surface area (Å²) in [6.45, 7) is 3.80. The number of piperazine rings is 1. The Labute approximate surface area is 229 Å². The third kappa shape index (κ3) is 7.51. The van der Waals surface area contributed by atoms with E-state index in [1.165, 1.54) is 4.31 Å². The highest BCUT2D eigenvalue weighted by Crippen LogP contribution is 2.19. The highest BCUT2D eigenvalue weighted by atomic mass is 32.2. The molecule has 0 radical (unpaired) electrons. The molecule has 9 nitrogen and oxygen atoms in total. The van der Waals surface area contributed by atoms with Crippen LogP contribution in [0.15, 0.2) is 83.8 Å². The molecular weight excluding hydrogens is 516 g/mol. The lowest BCUT2D eigenvalue weighted by Crippen LogP contribution is -2.48. The number of hydrogen-bond donors (Lipinski definition) is 2. The van der Waals surface area contributed by atoms with E-state index in [9.17, 15) is 18.0 Å². The molecule has 0 aliphatic carbocycles. The van der Waals surface area contributed by atoms with E-state index in [4.69, 9.17) is 4.74 Å². The predicted molar refractivity (Wildman–Crippen MR) is 150 cm³/mol. The number of benzene rings is 3. The first-order valence-corrected chi connectivity index (χ1v) is 14.4. The second-order valence-corrected chi connectivity index (χ2v) is 11.2. The van der Waals surface area contributed by atoms with Crippen LogP contribution >= 0.6 is 0 Å². The van der Waals surface area contributed by atoms with Gasteiger partial charge in [-0.2, -0.15) is 4.31 Å². The van der Waals surface area contributed by atoms with Crippen LogP contribution in [0.3, 0.4) is 0 Å². The Hall–Kier alpha value is -3.57. The largest absolute Gasteiger partial charge is 0.385 e. The van der Waals surface area contributed by atoms with Crippen molar-refractivity contribution in [1.82, 2.24) is 14.5 Å². The minimum absolute atomic E-state index is 0.256. The Bertz CT molecular complexity index is 1360. The van der Waals surface area contributed by atoms with Gasteiger partial charge in [-0.15, -0.1) is 0 Å². The molecule has 3 aromatic rings. The average molecular weight is 551 g/mol. The molecule has 10 heteroatoms. The number of ether oxygens (including phenoxy) is 1. The lowest BCUT2D eigenvalue weighted by molar-refractivity contribution is 0.0949. The van der Waals surface area contributed by atoms with Crippen molar-refractivity contribution in [2.45, 2.75) is 17.9 Å². The summed E-state index contributed by atoms with van der Waals surface area (Å²) < 4.78 is 32.2. The summed E-state index contributed by atoms with van der Waals surface area (Å²) in [5, 5.41) is 5.69. The number of anilines is 1.